The van der Waals surface area contributed by atoms with E-state index in [9.17, 15) is 9.18 Å². The van der Waals surface area contributed by atoms with Crippen molar-refractivity contribution in [2.45, 2.75) is 38.3 Å². The van der Waals surface area contributed by atoms with Crippen molar-refractivity contribution < 1.29 is 13.9 Å². The van der Waals surface area contributed by atoms with Gasteiger partial charge in [-0.25, -0.2) is 9.37 Å². The molecule has 1 amide bonds. The molecule has 3 rings (SSSR count). The number of carbonyl (C=O) groups is 1. The van der Waals surface area contributed by atoms with E-state index in [0.717, 1.165) is 24.8 Å². The minimum absolute atomic E-state index is 0.0222. The van der Waals surface area contributed by atoms with Gasteiger partial charge in [0.25, 0.3) is 0 Å². The van der Waals surface area contributed by atoms with E-state index in [1.165, 1.54) is 12.1 Å². The van der Waals surface area contributed by atoms with E-state index in [1.807, 2.05) is 6.07 Å². The summed E-state index contributed by atoms with van der Waals surface area (Å²) in [4.78, 5) is 16.2. The van der Waals surface area contributed by atoms with E-state index < -0.39 is 0 Å². The standard InChI is InChI=1S/C19H22FN3O2/c20-15-5-7-16(8-6-15)25-19-9-4-13(12-23-19)11-22-18(24)10-14-2-1-3-17(14)21/h4-9,12,14,17H,1-3,10-11,21H2,(H,22,24)/t14-,17+/m0/s1. The van der Waals surface area contributed by atoms with Crippen molar-refractivity contribution in [3.05, 3.63) is 54.0 Å². The summed E-state index contributed by atoms with van der Waals surface area (Å²) < 4.78 is 18.4. The number of nitrogens with zero attached hydrogens (tertiary/aromatic N) is 1. The molecule has 0 spiro atoms. The molecule has 0 radical (unpaired) electrons. The smallest absolute Gasteiger partial charge is 0.220 e. The van der Waals surface area contributed by atoms with Crippen molar-refractivity contribution in [1.29, 1.82) is 0 Å². The van der Waals surface area contributed by atoms with Gasteiger partial charge in [-0.1, -0.05) is 12.5 Å². The number of amides is 1. The zero-order valence-electron chi connectivity index (χ0n) is 14.0. The summed E-state index contributed by atoms with van der Waals surface area (Å²) in [5.41, 5.74) is 6.88. The average Bonchev–Trinajstić information content (AvgIpc) is 3.01. The molecule has 1 aromatic heterocycles. The molecule has 3 N–H and O–H groups in total. The summed E-state index contributed by atoms with van der Waals surface area (Å²) in [6.45, 7) is 0.421. The zero-order valence-corrected chi connectivity index (χ0v) is 14.0. The Morgan fingerprint density at radius 1 is 1.24 bits per heavy atom. The molecule has 1 aromatic carbocycles. The van der Waals surface area contributed by atoms with Crippen LogP contribution in [0.2, 0.25) is 0 Å². The highest BCUT2D eigenvalue weighted by atomic mass is 19.1. The van der Waals surface area contributed by atoms with E-state index in [4.69, 9.17) is 10.5 Å². The Kier molecular flexibility index (Phi) is 5.60. The molecule has 132 valence electrons. The molecule has 1 aliphatic carbocycles. The van der Waals surface area contributed by atoms with Gasteiger partial charge in [-0.05, 0) is 48.6 Å². The molecular weight excluding hydrogens is 321 g/mol. The van der Waals surface area contributed by atoms with Crippen molar-refractivity contribution >= 4 is 5.91 Å². The van der Waals surface area contributed by atoms with E-state index in [2.05, 4.69) is 10.3 Å². The molecule has 1 aliphatic rings. The highest BCUT2D eigenvalue weighted by molar-refractivity contribution is 5.76. The highest BCUT2D eigenvalue weighted by Gasteiger charge is 2.25. The maximum atomic E-state index is 12.9. The normalized spacial score (nSPS) is 19.6. The molecule has 1 heterocycles. The first-order valence-electron chi connectivity index (χ1n) is 8.51. The first-order chi connectivity index (χ1) is 12.1. The van der Waals surface area contributed by atoms with Gasteiger partial charge in [0.05, 0.1) is 0 Å². The van der Waals surface area contributed by atoms with Crippen LogP contribution >= 0.6 is 0 Å². The zero-order chi connectivity index (χ0) is 17.6. The van der Waals surface area contributed by atoms with Crippen LogP contribution in [-0.4, -0.2) is 16.9 Å². The van der Waals surface area contributed by atoms with Gasteiger partial charge >= 0.3 is 0 Å². The van der Waals surface area contributed by atoms with Crippen LogP contribution in [0, 0.1) is 11.7 Å². The number of ether oxygens (including phenoxy) is 1. The summed E-state index contributed by atoms with van der Waals surface area (Å²) in [6.07, 6.45) is 5.29. The quantitative estimate of drug-likeness (QED) is 0.845. The summed E-state index contributed by atoms with van der Waals surface area (Å²) in [6, 6.07) is 9.45. The Hall–Kier alpha value is -2.47. The van der Waals surface area contributed by atoms with E-state index in [1.54, 1.807) is 24.4 Å². The largest absolute Gasteiger partial charge is 0.439 e. The third-order valence-corrected chi connectivity index (χ3v) is 4.49. The molecule has 0 unspecified atom stereocenters. The molecule has 0 bridgehead atoms. The van der Waals surface area contributed by atoms with Crippen molar-refractivity contribution in [1.82, 2.24) is 10.3 Å². The number of hydrogen-bond acceptors (Lipinski definition) is 4. The third kappa shape index (κ3) is 5.00. The summed E-state index contributed by atoms with van der Waals surface area (Å²) >= 11 is 0. The predicted molar refractivity (Wildman–Crippen MR) is 92.5 cm³/mol. The Labute approximate surface area is 146 Å². The maximum Gasteiger partial charge on any atom is 0.220 e. The van der Waals surface area contributed by atoms with Crippen LogP contribution in [-0.2, 0) is 11.3 Å². The Balaban J connectivity index is 1.47. The fourth-order valence-electron chi connectivity index (χ4n) is 3.03. The third-order valence-electron chi connectivity index (χ3n) is 4.49. The summed E-state index contributed by atoms with van der Waals surface area (Å²) in [5, 5.41) is 2.90. The van der Waals surface area contributed by atoms with Crippen molar-refractivity contribution in [3.8, 4) is 11.6 Å². The van der Waals surface area contributed by atoms with Gasteiger partial charge in [0.15, 0.2) is 0 Å². The molecular formula is C19H22FN3O2. The van der Waals surface area contributed by atoms with Crippen LogP contribution in [0.25, 0.3) is 0 Å². The molecule has 2 aromatic rings. The lowest BCUT2D eigenvalue weighted by molar-refractivity contribution is -0.122. The molecule has 2 atom stereocenters. The van der Waals surface area contributed by atoms with Crippen molar-refractivity contribution in [2.75, 3.05) is 0 Å². The lowest BCUT2D eigenvalue weighted by atomic mass is 10.00. The average molecular weight is 343 g/mol. The van der Waals surface area contributed by atoms with Crippen LogP contribution in [0.1, 0.15) is 31.2 Å². The molecule has 5 nitrogen and oxygen atoms in total. The van der Waals surface area contributed by atoms with E-state index in [-0.39, 0.29) is 17.8 Å². The Morgan fingerprint density at radius 3 is 2.68 bits per heavy atom. The van der Waals surface area contributed by atoms with Gasteiger partial charge in [0.2, 0.25) is 11.8 Å². The van der Waals surface area contributed by atoms with Crippen LogP contribution in [0.15, 0.2) is 42.6 Å². The number of nitrogens with one attached hydrogen (secondary N) is 1. The lowest BCUT2D eigenvalue weighted by Gasteiger charge is -2.14. The number of pyridine rings is 1. The molecule has 25 heavy (non-hydrogen) atoms. The van der Waals surface area contributed by atoms with Gasteiger partial charge in [0, 0.05) is 31.3 Å². The number of rotatable bonds is 6. The minimum atomic E-state index is -0.315. The lowest BCUT2D eigenvalue weighted by Crippen LogP contribution is -2.31. The van der Waals surface area contributed by atoms with Crippen molar-refractivity contribution in [3.63, 3.8) is 0 Å². The second kappa shape index (κ2) is 8.07. The summed E-state index contributed by atoms with van der Waals surface area (Å²) in [5.74, 6) is 0.935. The molecule has 1 fully saturated rings. The molecule has 1 saturated carbocycles. The number of aromatic nitrogens is 1. The fraction of sp³-hybridized carbons (Fsp3) is 0.368. The second-order valence-corrected chi connectivity index (χ2v) is 6.40. The van der Waals surface area contributed by atoms with Gasteiger partial charge < -0.3 is 15.8 Å². The van der Waals surface area contributed by atoms with E-state index in [0.29, 0.717) is 30.5 Å². The SMILES string of the molecule is N[C@@H]1CCC[C@H]1CC(=O)NCc1ccc(Oc2ccc(F)cc2)nc1. The molecule has 6 heteroatoms. The van der Waals surface area contributed by atoms with Gasteiger partial charge in [-0.2, -0.15) is 0 Å². The number of carbonyl (C=O) groups excluding carboxylic acids is 1. The van der Waals surface area contributed by atoms with Gasteiger partial charge in [0.1, 0.15) is 11.6 Å². The second-order valence-electron chi connectivity index (χ2n) is 6.40. The number of halogens is 1. The number of nitrogens with two attached hydrogens (primary N) is 1. The number of hydrogen-bond donors (Lipinski definition) is 2. The van der Waals surface area contributed by atoms with Crippen LogP contribution in [0.3, 0.4) is 0 Å². The van der Waals surface area contributed by atoms with E-state index >= 15 is 0 Å². The summed E-state index contributed by atoms with van der Waals surface area (Å²) in [7, 11) is 0. The van der Waals surface area contributed by atoms with Gasteiger partial charge in [-0.3, -0.25) is 4.79 Å². The minimum Gasteiger partial charge on any atom is -0.439 e. The highest BCUT2D eigenvalue weighted by Crippen LogP contribution is 2.26. The Morgan fingerprint density at radius 2 is 2.04 bits per heavy atom. The van der Waals surface area contributed by atoms with Crippen LogP contribution in [0.4, 0.5) is 4.39 Å². The topological polar surface area (TPSA) is 77.2 Å². The first-order valence-corrected chi connectivity index (χ1v) is 8.51. The fourth-order valence-corrected chi connectivity index (χ4v) is 3.03. The van der Waals surface area contributed by atoms with Crippen molar-refractivity contribution in [2.24, 2.45) is 11.7 Å². The monoisotopic (exact) mass is 343 g/mol. The maximum absolute atomic E-state index is 12.9. The first kappa shape index (κ1) is 17.4. The predicted octanol–water partition coefficient (Wildman–Crippen LogP) is 3.15. The molecule has 0 aliphatic heterocycles. The van der Waals surface area contributed by atoms with Crippen LogP contribution in [0.5, 0.6) is 11.6 Å². The van der Waals surface area contributed by atoms with Crippen LogP contribution < -0.4 is 15.8 Å². The van der Waals surface area contributed by atoms with Gasteiger partial charge in [-0.15, -0.1) is 0 Å². The Bertz CT molecular complexity index is 704. The number of benzene rings is 1. The molecule has 0 saturated heterocycles.